The van der Waals surface area contributed by atoms with Crippen molar-refractivity contribution in [3.8, 4) is 0 Å². The van der Waals surface area contributed by atoms with E-state index >= 15 is 0 Å². The number of aromatic nitrogens is 2. The van der Waals surface area contributed by atoms with Crippen LogP contribution < -0.4 is 5.32 Å². The Labute approximate surface area is 133 Å². The Kier molecular flexibility index (Phi) is 4.41. The van der Waals surface area contributed by atoms with Gasteiger partial charge in [-0.1, -0.05) is 29.8 Å². The van der Waals surface area contributed by atoms with Gasteiger partial charge in [0.2, 0.25) is 0 Å². The van der Waals surface area contributed by atoms with Crippen molar-refractivity contribution in [1.29, 1.82) is 0 Å². The van der Waals surface area contributed by atoms with Crippen molar-refractivity contribution in [2.45, 2.75) is 58.4 Å². The zero-order valence-electron chi connectivity index (χ0n) is 13.8. The second kappa shape index (κ2) is 6.47. The molecule has 1 aromatic carbocycles. The summed E-state index contributed by atoms with van der Waals surface area (Å²) < 4.78 is 0. The summed E-state index contributed by atoms with van der Waals surface area (Å²) >= 11 is 0. The predicted molar refractivity (Wildman–Crippen MR) is 91.3 cm³/mol. The molecule has 0 aliphatic heterocycles. The van der Waals surface area contributed by atoms with Gasteiger partial charge >= 0.3 is 0 Å². The van der Waals surface area contributed by atoms with Crippen molar-refractivity contribution in [3.63, 3.8) is 0 Å². The molecule has 0 amide bonds. The molecule has 0 unspecified atom stereocenters. The van der Waals surface area contributed by atoms with Gasteiger partial charge in [0.05, 0.1) is 0 Å². The average molecular weight is 295 g/mol. The zero-order chi connectivity index (χ0) is 15.5. The van der Waals surface area contributed by atoms with Crippen LogP contribution in [0.4, 0.5) is 5.82 Å². The molecule has 22 heavy (non-hydrogen) atoms. The van der Waals surface area contributed by atoms with Crippen LogP contribution in [0.2, 0.25) is 0 Å². The third kappa shape index (κ3) is 3.29. The first-order valence-corrected chi connectivity index (χ1v) is 8.25. The Balaban J connectivity index is 1.60. The monoisotopic (exact) mass is 295 g/mol. The van der Waals surface area contributed by atoms with Crippen molar-refractivity contribution in [1.82, 2.24) is 9.97 Å². The lowest BCUT2D eigenvalue weighted by molar-refractivity contribution is 0.411. The molecule has 2 aromatic rings. The van der Waals surface area contributed by atoms with Gasteiger partial charge in [-0.25, -0.2) is 9.97 Å². The van der Waals surface area contributed by atoms with Crippen LogP contribution in [0.3, 0.4) is 0 Å². The van der Waals surface area contributed by atoms with E-state index < -0.39 is 0 Å². The fourth-order valence-corrected chi connectivity index (χ4v) is 3.29. The largest absolute Gasteiger partial charge is 0.367 e. The van der Waals surface area contributed by atoms with E-state index in [0.717, 1.165) is 11.5 Å². The minimum absolute atomic E-state index is 0.537. The van der Waals surface area contributed by atoms with E-state index in [1.807, 2.05) is 6.92 Å². The second-order valence-corrected chi connectivity index (χ2v) is 6.54. The molecule has 1 N–H and O–H groups in total. The fraction of sp³-hybridized carbons (Fsp3) is 0.474. The number of aryl methyl sites for hydroxylation is 2. The zero-order valence-corrected chi connectivity index (χ0v) is 13.8. The SMILES string of the molecule is Cc1ccc(C2CCC(Nc3ncnc(C)c3C)CC2)cc1. The molecule has 0 atom stereocenters. The average Bonchev–Trinajstić information content (AvgIpc) is 2.53. The highest BCUT2D eigenvalue weighted by Crippen LogP contribution is 2.34. The van der Waals surface area contributed by atoms with Gasteiger partial charge in [-0.15, -0.1) is 0 Å². The molecule has 0 bridgehead atoms. The van der Waals surface area contributed by atoms with Crippen LogP contribution in [0.25, 0.3) is 0 Å². The topological polar surface area (TPSA) is 37.8 Å². The molecule has 1 saturated carbocycles. The number of nitrogens with one attached hydrogen (secondary N) is 1. The van der Waals surface area contributed by atoms with Gasteiger partial charge in [-0.2, -0.15) is 0 Å². The van der Waals surface area contributed by atoms with Crippen molar-refractivity contribution >= 4 is 5.82 Å². The van der Waals surface area contributed by atoms with Crippen molar-refractivity contribution in [3.05, 3.63) is 53.0 Å². The Morgan fingerprint density at radius 1 is 0.909 bits per heavy atom. The van der Waals surface area contributed by atoms with Gasteiger partial charge in [0, 0.05) is 17.3 Å². The molecule has 1 aromatic heterocycles. The van der Waals surface area contributed by atoms with Gasteiger partial charge in [-0.3, -0.25) is 0 Å². The molecule has 1 fully saturated rings. The summed E-state index contributed by atoms with van der Waals surface area (Å²) in [4.78, 5) is 8.64. The van der Waals surface area contributed by atoms with E-state index in [2.05, 4.69) is 53.4 Å². The summed E-state index contributed by atoms with van der Waals surface area (Å²) in [5, 5.41) is 3.62. The molecule has 0 radical (unpaired) electrons. The highest BCUT2D eigenvalue weighted by molar-refractivity contribution is 5.45. The predicted octanol–water partition coefficient (Wildman–Crippen LogP) is 4.54. The first-order valence-electron chi connectivity index (χ1n) is 8.25. The highest BCUT2D eigenvalue weighted by Gasteiger charge is 2.23. The van der Waals surface area contributed by atoms with E-state index in [1.165, 1.54) is 42.4 Å². The van der Waals surface area contributed by atoms with E-state index in [0.29, 0.717) is 12.0 Å². The molecule has 1 aliphatic rings. The smallest absolute Gasteiger partial charge is 0.132 e. The third-order valence-corrected chi connectivity index (χ3v) is 4.95. The number of anilines is 1. The summed E-state index contributed by atoms with van der Waals surface area (Å²) in [7, 11) is 0. The van der Waals surface area contributed by atoms with Gasteiger partial charge < -0.3 is 5.32 Å². The first kappa shape index (κ1) is 15.0. The lowest BCUT2D eigenvalue weighted by atomic mass is 9.81. The van der Waals surface area contributed by atoms with Crippen LogP contribution >= 0.6 is 0 Å². The molecular formula is C19H25N3. The normalized spacial score (nSPS) is 21.6. The fourth-order valence-electron chi connectivity index (χ4n) is 3.29. The van der Waals surface area contributed by atoms with E-state index in [-0.39, 0.29) is 0 Å². The van der Waals surface area contributed by atoms with Gasteiger partial charge in [0.1, 0.15) is 12.1 Å². The summed E-state index contributed by atoms with van der Waals surface area (Å²) in [6, 6.07) is 9.59. The Morgan fingerprint density at radius 3 is 2.27 bits per heavy atom. The van der Waals surface area contributed by atoms with Crippen LogP contribution in [-0.2, 0) is 0 Å². The molecule has 3 rings (SSSR count). The Hall–Kier alpha value is -1.90. The number of hydrogen-bond acceptors (Lipinski definition) is 3. The maximum Gasteiger partial charge on any atom is 0.132 e. The number of nitrogens with zero attached hydrogens (tertiary/aromatic N) is 2. The molecule has 116 valence electrons. The van der Waals surface area contributed by atoms with Crippen LogP contribution in [0.1, 0.15) is 54.0 Å². The molecule has 1 aliphatic carbocycles. The van der Waals surface area contributed by atoms with Crippen LogP contribution in [0.5, 0.6) is 0 Å². The number of benzene rings is 1. The molecule has 0 saturated heterocycles. The molecule has 0 spiro atoms. The Morgan fingerprint density at radius 2 is 1.59 bits per heavy atom. The quantitative estimate of drug-likeness (QED) is 0.903. The van der Waals surface area contributed by atoms with Crippen molar-refractivity contribution in [2.75, 3.05) is 5.32 Å². The summed E-state index contributed by atoms with van der Waals surface area (Å²) in [5.41, 5.74) is 5.07. The van der Waals surface area contributed by atoms with Crippen molar-refractivity contribution in [2.24, 2.45) is 0 Å². The van der Waals surface area contributed by atoms with Crippen LogP contribution in [-0.4, -0.2) is 16.0 Å². The van der Waals surface area contributed by atoms with E-state index in [4.69, 9.17) is 0 Å². The van der Waals surface area contributed by atoms with Crippen molar-refractivity contribution < 1.29 is 0 Å². The summed E-state index contributed by atoms with van der Waals surface area (Å²) in [5.74, 6) is 1.72. The molecule has 3 nitrogen and oxygen atoms in total. The van der Waals surface area contributed by atoms with Crippen LogP contribution in [0, 0.1) is 20.8 Å². The molecule has 1 heterocycles. The maximum absolute atomic E-state index is 4.40. The lowest BCUT2D eigenvalue weighted by Crippen LogP contribution is -2.26. The standard InChI is InChI=1S/C19H25N3/c1-13-4-6-16(7-5-13)17-8-10-18(11-9-17)22-19-14(2)15(3)20-12-21-19/h4-7,12,17-18H,8-11H2,1-3H3,(H,20,21,22). The summed E-state index contributed by atoms with van der Waals surface area (Å²) in [6.07, 6.45) is 6.58. The molecular weight excluding hydrogens is 270 g/mol. The lowest BCUT2D eigenvalue weighted by Gasteiger charge is -2.30. The van der Waals surface area contributed by atoms with Gasteiger partial charge in [0.15, 0.2) is 0 Å². The minimum Gasteiger partial charge on any atom is -0.367 e. The van der Waals surface area contributed by atoms with E-state index in [9.17, 15) is 0 Å². The number of hydrogen-bond donors (Lipinski definition) is 1. The summed E-state index contributed by atoms with van der Waals surface area (Å²) in [6.45, 7) is 6.28. The first-order chi connectivity index (χ1) is 10.6. The van der Waals surface area contributed by atoms with Crippen LogP contribution in [0.15, 0.2) is 30.6 Å². The van der Waals surface area contributed by atoms with Gasteiger partial charge in [0.25, 0.3) is 0 Å². The Bertz CT molecular complexity index is 626. The minimum atomic E-state index is 0.537. The third-order valence-electron chi connectivity index (χ3n) is 4.95. The second-order valence-electron chi connectivity index (χ2n) is 6.54. The maximum atomic E-state index is 4.40. The molecule has 3 heteroatoms. The van der Waals surface area contributed by atoms with Gasteiger partial charge in [-0.05, 0) is 57.9 Å². The van der Waals surface area contributed by atoms with E-state index in [1.54, 1.807) is 6.33 Å². The highest BCUT2D eigenvalue weighted by atomic mass is 15.0. The number of rotatable bonds is 3.